The van der Waals surface area contributed by atoms with Crippen molar-refractivity contribution in [2.45, 2.75) is 38.1 Å². The van der Waals surface area contributed by atoms with E-state index in [1.807, 2.05) is 24.4 Å². The van der Waals surface area contributed by atoms with E-state index in [9.17, 15) is 0 Å². The summed E-state index contributed by atoms with van der Waals surface area (Å²) in [6.45, 7) is 5.75. The molecule has 0 spiro atoms. The summed E-state index contributed by atoms with van der Waals surface area (Å²) >= 11 is 0. The van der Waals surface area contributed by atoms with Crippen LogP contribution in [0.2, 0.25) is 0 Å². The second-order valence-electron chi connectivity index (χ2n) is 11.6. The van der Waals surface area contributed by atoms with Gasteiger partial charge in [-0.05, 0) is 90.8 Å². The van der Waals surface area contributed by atoms with Crippen molar-refractivity contribution in [2.75, 3.05) is 31.2 Å². The van der Waals surface area contributed by atoms with E-state index in [4.69, 9.17) is 15.5 Å². The van der Waals surface area contributed by atoms with Crippen LogP contribution in [0.1, 0.15) is 43.7 Å². The quantitative estimate of drug-likeness (QED) is 0.392. The lowest BCUT2D eigenvalue weighted by Crippen LogP contribution is -2.43. The summed E-state index contributed by atoms with van der Waals surface area (Å²) in [5.74, 6) is 1.19. The maximum Gasteiger partial charge on any atom is 0.164 e. The zero-order valence-corrected chi connectivity index (χ0v) is 23.7. The van der Waals surface area contributed by atoms with E-state index >= 15 is 0 Å². The predicted molar refractivity (Wildman–Crippen MR) is 166 cm³/mol. The van der Waals surface area contributed by atoms with Gasteiger partial charge in [0.15, 0.2) is 5.82 Å². The van der Waals surface area contributed by atoms with Crippen LogP contribution >= 0.6 is 0 Å². The third-order valence-electron chi connectivity index (χ3n) is 8.95. The summed E-state index contributed by atoms with van der Waals surface area (Å²) in [7, 11) is 0. The third-order valence-corrected chi connectivity index (χ3v) is 8.95. The molecule has 2 aliphatic carbocycles. The van der Waals surface area contributed by atoms with E-state index < -0.39 is 0 Å². The topological polar surface area (TPSA) is 69.2 Å². The number of nitrogens with two attached hydrogens (primary N) is 1. The Morgan fingerprint density at radius 3 is 2.49 bits per heavy atom. The summed E-state index contributed by atoms with van der Waals surface area (Å²) in [6, 6.07) is 23.7. The van der Waals surface area contributed by atoms with Crippen molar-refractivity contribution in [1.82, 2.24) is 14.5 Å². The fourth-order valence-electron chi connectivity index (χ4n) is 6.32. The van der Waals surface area contributed by atoms with Gasteiger partial charge in [0.1, 0.15) is 5.69 Å². The van der Waals surface area contributed by atoms with Crippen molar-refractivity contribution in [3.8, 4) is 17.2 Å². The van der Waals surface area contributed by atoms with Gasteiger partial charge in [0.25, 0.3) is 0 Å². The van der Waals surface area contributed by atoms with Crippen LogP contribution in [0.15, 0.2) is 79.0 Å². The number of rotatable bonds is 5. The van der Waals surface area contributed by atoms with Gasteiger partial charge in [0, 0.05) is 36.2 Å². The standard InChI is InChI=1S/C35H37N5O/c1-25-9-16-33-31(15-14-30(25)26-6-4-7-29(24-26)39-20-22-41-23-21-39)38-34(32-8-2-3-19-37-32)40(33)28-12-10-27(11-13-28)35(36)17-5-18-35/h2-4,6-8,10-16,19,24-25H,5,9,17-18,20-23,36H2,1H3. The minimum Gasteiger partial charge on any atom is -0.378 e. The number of morpholine rings is 1. The molecule has 2 aromatic heterocycles. The molecule has 1 atom stereocenters. The summed E-state index contributed by atoms with van der Waals surface area (Å²) in [6.07, 6.45) is 12.8. The fourth-order valence-corrected chi connectivity index (χ4v) is 6.32. The molecule has 3 aliphatic rings. The van der Waals surface area contributed by atoms with Gasteiger partial charge in [0.05, 0.1) is 23.9 Å². The first-order chi connectivity index (χ1) is 20.1. The SMILES string of the molecule is CC1CC=c2c(nc(-c3ccccn3)n2-c2ccc(C3(N)CCC3)cc2)=CC=C1c1cccc(N2CCOCC2)c1. The van der Waals surface area contributed by atoms with Crippen LogP contribution in [0.25, 0.3) is 34.9 Å². The highest BCUT2D eigenvalue weighted by atomic mass is 16.5. The molecule has 208 valence electrons. The van der Waals surface area contributed by atoms with Gasteiger partial charge in [-0.3, -0.25) is 9.55 Å². The van der Waals surface area contributed by atoms with Crippen molar-refractivity contribution in [3.63, 3.8) is 0 Å². The van der Waals surface area contributed by atoms with E-state index in [-0.39, 0.29) is 5.54 Å². The minimum absolute atomic E-state index is 0.179. The molecular formula is C35H37N5O. The van der Waals surface area contributed by atoms with Gasteiger partial charge in [-0.15, -0.1) is 0 Å². The Morgan fingerprint density at radius 1 is 0.927 bits per heavy atom. The Labute approximate surface area is 241 Å². The molecule has 0 amide bonds. The van der Waals surface area contributed by atoms with Gasteiger partial charge < -0.3 is 15.4 Å². The Kier molecular flexibility index (Phi) is 6.81. The van der Waals surface area contributed by atoms with Gasteiger partial charge in [0.2, 0.25) is 0 Å². The van der Waals surface area contributed by atoms with E-state index in [1.165, 1.54) is 28.8 Å². The van der Waals surface area contributed by atoms with Gasteiger partial charge in [-0.1, -0.05) is 49.4 Å². The third kappa shape index (κ3) is 4.92. The molecule has 3 heterocycles. The lowest BCUT2D eigenvalue weighted by molar-refractivity contribution is 0.122. The van der Waals surface area contributed by atoms with Crippen LogP contribution in [0.4, 0.5) is 5.69 Å². The van der Waals surface area contributed by atoms with Crippen molar-refractivity contribution in [3.05, 3.63) is 101 Å². The molecule has 2 N–H and O–H groups in total. The summed E-state index contributed by atoms with van der Waals surface area (Å²) < 4.78 is 7.83. The highest BCUT2D eigenvalue weighted by Crippen LogP contribution is 2.39. The van der Waals surface area contributed by atoms with Crippen LogP contribution in [0, 0.1) is 5.92 Å². The van der Waals surface area contributed by atoms with Crippen LogP contribution in [0.5, 0.6) is 0 Å². The molecule has 0 radical (unpaired) electrons. The smallest absolute Gasteiger partial charge is 0.164 e. The number of aromatic nitrogens is 3. The molecule has 1 unspecified atom stereocenters. The number of fused-ring (bicyclic) bond motifs is 1. The molecule has 6 nitrogen and oxygen atoms in total. The lowest BCUT2D eigenvalue weighted by atomic mass is 9.73. The number of hydrogen-bond acceptors (Lipinski definition) is 5. The van der Waals surface area contributed by atoms with Crippen LogP contribution in [-0.4, -0.2) is 40.8 Å². The summed E-state index contributed by atoms with van der Waals surface area (Å²) in [4.78, 5) is 12.3. The number of nitrogens with zero attached hydrogens (tertiary/aromatic N) is 4. The molecule has 1 saturated heterocycles. The first-order valence-corrected chi connectivity index (χ1v) is 14.8. The number of ether oxygens (including phenoxy) is 1. The molecule has 7 rings (SSSR count). The average Bonchev–Trinajstić information content (AvgIpc) is 3.36. The van der Waals surface area contributed by atoms with E-state index in [1.54, 1.807) is 0 Å². The van der Waals surface area contributed by atoms with Gasteiger partial charge >= 0.3 is 0 Å². The first kappa shape index (κ1) is 25.9. The van der Waals surface area contributed by atoms with Crippen molar-refractivity contribution in [2.24, 2.45) is 11.7 Å². The molecule has 4 aromatic rings. The first-order valence-electron chi connectivity index (χ1n) is 14.8. The maximum atomic E-state index is 6.64. The molecule has 41 heavy (non-hydrogen) atoms. The number of anilines is 1. The van der Waals surface area contributed by atoms with Crippen molar-refractivity contribution in [1.29, 1.82) is 0 Å². The van der Waals surface area contributed by atoms with E-state index in [0.717, 1.165) is 73.5 Å². The molecule has 1 aliphatic heterocycles. The molecule has 0 bridgehead atoms. The lowest BCUT2D eigenvalue weighted by Gasteiger charge is -2.38. The molecule has 2 aromatic carbocycles. The van der Waals surface area contributed by atoms with Crippen molar-refractivity contribution >= 4 is 23.4 Å². The van der Waals surface area contributed by atoms with E-state index in [2.05, 4.69) is 88.1 Å². The van der Waals surface area contributed by atoms with Crippen molar-refractivity contribution < 1.29 is 4.74 Å². The Hall–Kier alpha value is -4.00. The zero-order chi connectivity index (χ0) is 27.8. The number of pyridine rings is 1. The van der Waals surface area contributed by atoms with Crippen LogP contribution < -0.4 is 21.3 Å². The summed E-state index contributed by atoms with van der Waals surface area (Å²) in [5.41, 5.74) is 13.5. The number of imidazole rings is 1. The highest BCUT2D eigenvalue weighted by Gasteiger charge is 2.34. The number of benzene rings is 2. The normalized spacial score (nSPS) is 20.0. The fraction of sp³-hybridized carbons (Fsp3) is 0.314. The molecule has 2 fully saturated rings. The number of allylic oxidation sites excluding steroid dienone is 2. The molecule has 1 saturated carbocycles. The molecule has 6 heteroatoms. The monoisotopic (exact) mass is 543 g/mol. The predicted octanol–water partition coefficient (Wildman–Crippen LogP) is 4.79. The maximum absolute atomic E-state index is 6.64. The second kappa shape index (κ2) is 10.8. The van der Waals surface area contributed by atoms with Crippen LogP contribution in [0.3, 0.4) is 0 Å². The largest absolute Gasteiger partial charge is 0.378 e. The Morgan fingerprint density at radius 2 is 1.76 bits per heavy atom. The molecular weight excluding hydrogens is 506 g/mol. The highest BCUT2D eigenvalue weighted by molar-refractivity contribution is 5.76. The zero-order valence-electron chi connectivity index (χ0n) is 23.7. The average molecular weight is 544 g/mol. The van der Waals surface area contributed by atoms with Gasteiger partial charge in [-0.25, -0.2) is 4.98 Å². The summed E-state index contributed by atoms with van der Waals surface area (Å²) in [5, 5.41) is 2.06. The van der Waals surface area contributed by atoms with Crippen LogP contribution in [-0.2, 0) is 10.3 Å². The van der Waals surface area contributed by atoms with Gasteiger partial charge in [-0.2, -0.15) is 0 Å². The minimum atomic E-state index is -0.179. The number of hydrogen-bond donors (Lipinski definition) is 1. The Balaban J connectivity index is 1.33. The Bertz CT molecular complexity index is 1690. The second-order valence-corrected chi connectivity index (χ2v) is 11.6. The van der Waals surface area contributed by atoms with E-state index in [0.29, 0.717) is 5.92 Å².